The number of carbonyl (C=O) groups is 1. The van der Waals surface area contributed by atoms with E-state index in [0.717, 1.165) is 0 Å². The number of rotatable bonds is 1. The molecule has 5 heavy (non-hydrogen) atoms. The quantitative estimate of drug-likeness (QED) is 0.363. The Morgan fingerprint density at radius 1 is 1.60 bits per heavy atom. The van der Waals surface area contributed by atoms with Crippen molar-refractivity contribution in [2.24, 2.45) is 0 Å². The second kappa shape index (κ2) is 10.1. The van der Waals surface area contributed by atoms with Crippen molar-refractivity contribution in [2.45, 2.75) is 0 Å². The highest BCUT2D eigenvalue weighted by atomic mass is 16.1. The summed E-state index contributed by atoms with van der Waals surface area (Å²) in [6, 6.07) is 0. The van der Waals surface area contributed by atoms with Gasteiger partial charge in [0.25, 0.3) is 0 Å². The lowest BCUT2D eigenvalue weighted by Gasteiger charge is -1.37. The van der Waals surface area contributed by atoms with Gasteiger partial charge in [-0.1, -0.05) is 6.58 Å². The molecule has 3 N–H and O–H groups in total. The Morgan fingerprint density at radius 3 is 1.80 bits per heavy atom. The number of hydrogen-bond donors (Lipinski definition) is 1. The van der Waals surface area contributed by atoms with Crippen LogP contribution in [0.2, 0.25) is 0 Å². The fourth-order valence-electron chi connectivity index (χ4n) is 0. The summed E-state index contributed by atoms with van der Waals surface area (Å²) < 4.78 is 0. The highest BCUT2D eigenvalue weighted by molar-refractivity contribution is 5.63. The third-order valence-electron chi connectivity index (χ3n) is 0.0962. The SMILES string of the molecule is C=CC=O.N. The predicted molar refractivity (Wildman–Crippen MR) is 21.3 cm³/mol. The van der Waals surface area contributed by atoms with Gasteiger partial charge >= 0.3 is 0 Å². The zero-order valence-electron chi connectivity index (χ0n) is 2.98. The van der Waals surface area contributed by atoms with Crippen LogP contribution in [0.25, 0.3) is 0 Å². The normalized spacial score (nSPS) is 4.00. The summed E-state index contributed by atoms with van der Waals surface area (Å²) in [6.45, 7) is 3.11. The average molecular weight is 73.1 g/mol. The summed E-state index contributed by atoms with van der Waals surface area (Å²) in [5.41, 5.74) is 0. The Hall–Kier alpha value is -0.630. The summed E-state index contributed by atoms with van der Waals surface area (Å²) in [5.74, 6) is 0. The minimum atomic E-state index is 0. The fraction of sp³-hybridized carbons (Fsp3) is 0. The Morgan fingerprint density at radius 2 is 1.80 bits per heavy atom. The average Bonchev–Trinajstić information content (AvgIpc) is 1.37. The fourth-order valence-corrected chi connectivity index (χ4v) is 0. The highest BCUT2D eigenvalue weighted by Gasteiger charge is 1.38. The van der Waals surface area contributed by atoms with Gasteiger partial charge in [-0.05, 0) is 6.08 Å². The summed E-state index contributed by atoms with van der Waals surface area (Å²) in [7, 11) is 0. The third-order valence-corrected chi connectivity index (χ3v) is 0.0962. The molecule has 0 rings (SSSR count). The van der Waals surface area contributed by atoms with Crippen LogP contribution in [0.3, 0.4) is 0 Å². The molecule has 0 atom stereocenters. The Kier molecular flexibility index (Phi) is 17.8. The van der Waals surface area contributed by atoms with Crippen molar-refractivity contribution in [1.29, 1.82) is 0 Å². The van der Waals surface area contributed by atoms with Crippen LogP contribution in [0, 0.1) is 0 Å². The van der Waals surface area contributed by atoms with Gasteiger partial charge in [0.2, 0.25) is 0 Å². The van der Waals surface area contributed by atoms with Gasteiger partial charge in [-0.3, -0.25) is 4.79 Å². The molecule has 0 saturated carbocycles. The van der Waals surface area contributed by atoms with Crippen molar-refractivity contribution < 1.29 is 4.79 Å². The topological polar surface area (TPSA) is 52.1 Å². The zero-order chi connectivity index (χ0) is 3.41. The number of aldehydes is 1. The summed E-state index contributed by atoms with van der Waals surface area (Å²) in [5, 5.41) is 0. The summed E-state index contributed by atoms with van der Waals surface area (Å²) in [6.07, 6.45) is 1.83. The molecule has 0 heterocycles. The maximum absolute atomic E-state index is 9.06. The van der Waals surface area contributed by atoms with Crippen molar-refractivity contribution in [1.82, 2.24) is 6.15 Å². The largest absolute Gasteiger partial charge is 0.344 e. The molecule has 0 aliphatic heterocycles. The van der Waals surface area contributed by atoms with Gasteiger partial charge in [0, 0.05) is 0 Å². The summed E-state index contributed by atoms with van der Waals surface area (Å²) in [4.78, 5) is 9.06. The van der Waals surface area contributed by atoms with Crippen LogP contribution in [-0.4, -0.2) is 6.29 Å². The molecule has 30 valence electrons. The molecular formula is C3H7NO. The van der Waals surface area contributed by atoms with Crippen LogP contribution < -0.4 is 6.15 Å². The molecule has 0 aliphatic rings. The predicted octanol–water partition coefficient (Wildman–Crippen LogP) is 0.533. The smallest absolute Gasteiger partial charge is 0.142 e. The highest BCUT2D eigenvalue weighted by Crippen LogP contribution is 1.35. The van der Waals surface area contributed by atoms with Crippen LogP contribution in [0.15, 0.2) is 12.7 Å². The van der Waals surface area contributed by atoms with E-state index in [1.54, 1.807) is 0 Å². The van der Waals surface area contributed by atoms with E-state index in [1.165, 1.54) is 6.08 Å². The van der Waals surface area contributed by atoms with E-state index in [0.29, 0.717) is 6.29 Å². The van der Waals surface area contributed by atoms with Gasteiger partial charge in [-0.2, -0.15) is 0 Å². The van der Waals surface area contributed by atoms with E-state index in [2.05, 4.69) is 6.58 Å². The number of hydrogen-bond acceptors (Lipinski definition) is 2. The van der Waals surface area contributed by atoms with Crippen LogP contribution in [-0.2, 0) is 4.79 Å². The van der Waals surface area contributed by atoms with Crippen molar-refractivity contribution in [3.05, 3.63) is 12.7 Å². The molecule has 0 radical (unpaired) electrons. The first-order valence-electron chi connectivity index (χ1n) is 0.977. The van der Waals surface area contributed by atoms with Crippen LogP contribution in [0.4, 0.5) is 0 Å². The van der Waals surface area contributed by atoms with Crippen LogP contribution in [0.5, 0.6) is 0 Å². The minimum Gasteiger partial charge on any atom is -0.344 e. The molecule has 0 aromatic heterocycles. The van der Waals surface area contributed by atoms with E-state index in [-0.39, 0.29) is 6.15 Å². The molecule has 0 bridgehead atoms. The lowest BCUT2D eigenvalue weighted by Crippen LogP contribution is -1.44. The third kappa shape index (κ3) is 46.2. The molecule has 2 nitrogen and oxygen atoms in total. The maximum Gasteiger partial charge on any atom is 0.142 e. The van der Waals surface area contributed by atoms with Crippen molar-refractivity contribution >= 4 is 6.29 Å². The zero-order valence-corrected chi connectivity index (χ0v) is 2.98. The Bertz CT molecular complexity index is 27.9. The lowest BCUT2D eigenvalue weighted by molar-refractivity contribution is -0.104. The first-order chi connectivity index (χ1) is 1.91. The second-order valence-electron chi connectivity index (χ2n) is 0.372. The van der Waals surface area contributed by atoms with Crippen molar-refractivity contribution in [2.75, 3.05) is 0 Å². The standard InChI is InChI=1S/C3H4O.H3N/c1-2-3-4;/h2-3H,1H2;1H3. The van der Waals surface area contributed by atoms with E-state index in [1.807, 2.05) is 0 Å². The lowest BCUT2D eigenvalue weighted by atomic mass is 10.8. The maximum atomic E-state index is 9.06. The molecule has 0 aliphatic carbocycles. The van der Waals surface area contributed by atoms with E-state index >= 15 is 0 Å². The molecule has 2 heteroatoms. The Labute approximate surface area is 31.1 Å². The van der Waals surface area contributed by atoms with E-state index in [9.17, 15) is 0 Å². The molecule has 0 saturated heterocycles. The summed E-state index contributed by atoms with van der Waals surface area (Å²) >= 11 is 0. The van der Waals surface area contributed by atoms with Crippen LogP contribution >= 0.6 is 0 Å². The molecule has 0 aromatic carbocycles. The molecule has 0 amide bonds. The van der Waals surface area contributed by atoms with Crippen LogP contribution in [0.1, 0.15) is 0 Å². The second-order valence-corrected chi connectivity index (χ2v) is 0.372. The van der Waals surface area contributed by atoms with Gasteiger partial charge in [-0.15, -0.1) is 0 Å². The van der Waals surface area contributed by atoms with E-state index < -0.39 is 0 Å². The molecule has 0 unspecified atom stereocenters. The number of allylic oxidation sites excluding steroid dienone is 1. The minimum absolute atomic E-state index is 0. The molecular weight excluding hydrogens is 66.0 g/mol. The Balaban J connectivity index is 0. The van der Waals surface area contributed by atoms with Crippen molar-refractivity contribution in [3.63, 3.8) is 0 Å². The first-order valence-corrected chi connectivity index (χ1v) is 0.977. The van der Waals surface area contributed by atoms with Crippen molar-refractivity contribution in [3.8, 4) is 0 Å². The van der Waals surface area contributed by atoms with Gasteiger partial charge in [0.15, 0.2) is 0 Å². The number of carbonyl (C=O) groups excluding carboxylic acids is 1. The van der Waals surface area contributed by atoms with Gasteiger partial charge in [0.1, 0.15) is 6.29 Å². The monoisotopic (exact) mass is 73.1 g/mol. The van der Waals surface area contributed by atoms with Gasteiger partial charge in [0.05, 0.1) is 0 Å². The molecule has 0 fully saturated rings. The first kappa shape index (κ1) is 8.84. The molecule has 0 aromatic rings. The van der Waals surface area contributed by atoms with E-state index in [4.69, 9.17) is 4.79 Å². The van der Waals surface area contributed by atoms with Gasteiger partial charge < -0.3 is 6.15 Å². The van der Waals surface area contributed by atoms with Gasteiger partial charge in [-0.25, -0.2) is 0 Å². The molecule has 0 spiro atoms.